The number of aromatic nitrogens is 4. The van der Waals surface area contributed by atoms with Gasteiger partial charge in [0.2, 0.25) is 0 Å². The number of H-pyrrole nitrogens is 1. The zero-order chi connectivity index (χ0) is 17.9. The number of hydrogen-bond acceptors (Lipinski definition) is 5. The summed E-state index contributed by atoms with van der Waals surface area (Å²) in [4.78, 5) is 25.5. The number of aryl methyl sites for hydroxylation is 1. The molecule has 1 atom stereocenters. The number of para-hydroxylation sites is 2. The first-order chi connectivity index (χ1) is 12.7. The van der Waals surface area contributed by atoms with Crippen molar-refractivity contribution in [2.24, 2.45) is 13.0 Å². The quantitative estimate of drug-likeness (QED) is 0.766. The number of nitrogens with one attached hydrogen (secondary N) is 1. The van der Waals surface area contributed by atoms with Gasteiger partial charge in [0.05, 0.1) is 37.1 Å². The standard InChI is InChI=1S/C19H23N5O2/c1-23-17-5-3-2-4-16(17)22-18(23)11-24-6-7-26-12-14(10-24)8-15-9-19(25)21-13-20-15/h2-5,9,13-14H,6-8,10-12H2,1H3,(H,20,21,25). The number of fused-ring (bicyclic) bond motifs is 1. The van der Waals surface area contributed by atoms with E-state index in [1.54, 1.807) is 6.07 Å². The van der Waals surface area contributed by atoms with Crippen molar-refractivity contribution in [3.8, 4) is 0 Å². The molecule has 1 aliphatic rings. The third-order valence-electron chi connectivity index (χ3n) is 4.90. The van der Waals surface area contributed by atoms with Crippen molar-refractivity contribution in [2.45, 2.75) is 13.0 Å². The molecule has 0 spiro atoms. The lowest BCUT2D eigenvalue weighted by Gasteiger charge is -2.22. The molecule has 1 aliphatic heterocycles. The number of benzene rings is 1. The van der Waals surface area contributed by atoms with Gasteiger partial charge in [0.1, 0.15) is 5.82 Å². The highest BCUT2D eigenvalue weighted by atomic mass is 16.5. The molecule has 0 bridgehead atoms. The molecule has 0 amide bonds. The molecule has 2 aromatic heterocycles. The Labute approximate surface area is 151 Å². The fourth-order valence-electron chi connectivity index (χ4n) is 3.57. The second kappa shape index (κ2) is 7.39. The van der Waals surface area contributed by atoms with Crippen molar-refractivity contribution >= 4 is 11.0 Å². The van der Waals surface area contributed by atoms with Crippen molar-refractivity contribution in [3.05, 3.63) is 58.5 Å². The van der Waals surface area contributed by atoms with Gasteiger partial charge >= 0.3 is 0 Å². The van der Waals surface area contributed by atoms with Gasteiger partial charge < -0.3 is 14.3 Å². The van der Waals surface area contributed by atoms with Crippen molar-refractivity contribution in [1.82, 2.24) is 24.4 Å². The van der Waals surface area contributed by atoms with Crippen LogP contribution in [-0.4, -0.2) is 50.7 Å². The molecule has 0 aliphatic carbocycles. The molecule has 1 fully saturated rings. The summed E-state index contributed by atoms with van der Waals surface area (Å²) in [5, 5.41) is 0. The molecule has 3 heterocycles. The molecule has 26 heavy (non-hydrogen) atoms. The summed E-state index contributed by atoms with van der Waals surface area (Å²) in [5.41, 5.74) is 2.88. The van der Waals surface area contributed by atoms with Crippen molar-refractivity contribution in [2.75, 3.05) is 26.3 Å². The third kappa shape index (κ3) is 3.68. The Morgan fingerprint density at radius 3 is 3.08 bits per heavy atom. The summed E-state index contributed by atoms with van der Waals surface area (Å²) in [6.07, 6.45) is 2.20. The first-order valence-corrected chi connectivity index (χ1v) is 8.93. The van der Waals surface area contributed by atoms with Crippen LogP contribution < -0.4 is 5.56 Å². The maximum atomic E-state index is 11.5. The second-order valence-electron chi connectivity index (χ2n) is 6.86. The zero-order valence-electron chi connectivity index (χ0n) is 14.9. The fourth-order valence-corrected chi connectivity index (χ4v) is 3.57. The van der Waals surface area contributed by atoms with Gasteiger partial charge in [-0.3, -0.25) is 9.69 Å². The molecule has 4 rings (SSSR count). The molecule has 7 nitrogen and oxygen atoms in total. The van der Waals surface area contributed by atoms with Crippen LogP contribution in [0.15, 0.2) is 41.5 Å². The lowest BCUT2D eigenvalue weighted by molar-refractivity contribution is 0.121. The largest absolute Gasteiger partial charge is 0.380 e. The fraction of sp³-hybridized carbons (Fsp3) is 0.421. The number of nitrogens with zero attached hydrogens (tertiary/aromatic N) is 4. The van der Waals surface area contributed by atoms with Crippen LogP contribution in [0.1, 0.15) is 11.5 Å². The molecular formula is C19H23N5O2. The van der Waals surface area contributed by atoms with E-state index >= 15 is 0 Å². The number of aromatic amines is 1. The van der Waals surface area contributed by atoms with E-state index in [1.165, 1.54) is 6.33 Å². The highest BCUT2D eigenvalue weighted by molar-refractivity contribution is 5.75. The minimum atomic E-state index is -0.110. The Balaban J connectivity index is 1.48. The zero-order valence-corrected chi connectivity index (χ0v) is 14.9. The average Bonchev–Trinajstić information content (AvgIpc) is 2.79. The summed E-state index contributed by atoms with van der Waals surface area (Å²) >= 11 is 0. The van der Waals surface area contributed by atoms with E-state index < -0.39 is 0 Å². The number of rotatable bonds is 4. The van der Waals surface area contributed by atoms with Crippen LogP contribution in [0.5, 0.6) is 0 Å². The van der Waals surface area contributed by atoms with E-state index in [9.17, 15) is 4.79 Å². The van der Waals surface area contributed by atoms with E-state index in [0.29, 0.717) is 19.1 Å². The molecule has 136 valence electrons. The Bertz CT molecular complexity index is 948. The summed E-state index contributed by atoms with van der Waals surface area (Å²) in [5.74, 6) is 1.36. The van der Waals surface area contributed by atoms with Crippen molar-refractivity contribution < 1.29 is 4.74 Å². The first-order valence-electron chi connectivity index (χ1n) is 8.93. The van der Waals surface area contributed by atoms with Crippen LogP contribution in [-0.2, 0) is 24.8 Å². The predicted molar refractivity (Wildman–Crippen MR) is 98.9 cm³/mol. The molecular weight excluding hydrogens is 330 g/mol. The normalized spacial score (nSPS) is 18.9. The Morgan fingerprint density at radius 2 is 2.23 bits per heavy atom. The maximum absolute atomic E-state index is 11.5. The molecule has 7 heteroatoms. The molecule has 1 aromatic carbocycles. The molecule has 0 radical (unpaired) electrons. The Kier molecular flexibility index (Phi) is 4.81. The highest BCUT2D eigenvalue weighted by Gasteiger charge is 2.21. The second-order valence-corrected chi connectivity index (χ2v) is 6.86. The van der Waals surface area contributed by atoms with Gasteiger partial charge in [0, 0.05) is 37.8 Å². The molecule has 0 saturated carbocycles. The van der Waals surface area contributed by atoms with Crippen LogP contribution in [0.3, 0.4) is 0 Å². The van der Waals surface area contributed by atoms with Gasteiger partial charge in [-0.25, -0.2) is 9.97 Å². The van der Waals surface area contributed by atoms with Crippen molar-refractivity contribution in [1.29, 1.82) is 0 Å². The van der Waals surface area contributed by atoms with E-state index in [-0.39, 0.29) is 5.56 Å². The van der Waals surface area contributed by atoms with Crippen LogP contribution in [0.4, 0.5) is 0 Å². The van der Waals surface area contributed by atoms with Crippen LogP contribution in [0.2, 0.25) is 0 Å². The molecule has 1 unspecified atom stereocenters. The number of hydrogen-bond donors (Lipinski definition) is 1. The van der Waals surface area contributed by atoms with Gasteiger partial charge in [-0.1, -0.05) is 12.1 Å². The summed E-state index contributed by atoms with van der Waals surface area (Å²) in [6, 6.07) is 9.77. The smallest absolute Gasteiger partial charge is 0.250 e. The van der Waals surface area contributed by atoms with Crippen LogP contribution in [0.25, 0.3) is 11.0 Å². The van der Waals surface area contributed by atoms with Crippen LogP contribution >= 0.6 is 0 Å². The summed E-state index contributed by atoms with van der Waals surface area (Å²) in [7, 11) is 2.07. The van der Waals surface area contributed by atoms with Gasteiger partial charge in [-0.05, 0) is 18.6 Å². The minimum absolute atomic E-state index is 0.110. The number of imidazole rings is 1. The van der Waals surface area contributed by atoms with E-state index in [0.717, 1.165) is 48.6 Å². The molecule has 1 saturated heterocycles. The number of ether oxygens (including phenoxy) is 1. The third-order valence-corrected chi connectivity index (χ3v) is 4.90. The van der Waals surface area contributed by atoms with E-state index in [2.05, 4.69) is 32.5 Å². The topological polar surface area (TPSA) is 76.0 Å². The van der Waals surface area contributed by atoms with E-state index in [4.69, 9.17) is 9.72 Å². The first kappa shape index (κ1) is 16.9. The maximum Gasteiger partial charge on any atom is 0.250 e. The molecule has 3 aromatic rings. The lowest BCUT2D eigenvalue weighted by Crippen LogP contribution is -2.31. The van der Waals surface area contributed by atoms with Gasteiger partial charge in [0.15, 0.2) is 0 Å². The minimum Gasteiger partial charge on any atom is -0.380 e. The average molecular weight is 353 g/mol. The van der Waals surface area contributed by atoms with Crippen molar-refractivity contribution in [3.63, 3.8) is 0 Å². The Morgan fingerprint density at radius 1 is 1.35 bits per heavy atom. The van der Waals surface area contributed by atoms with Crippen LogP contribution in [0, 0.1) is 5.92 Å². The summed E-state index contributed by atoms with van der Waals surface area (Å²) in [6.45, 7) is 3.96. The van der Waals surface area contributed by atoms with Gasteiger partial charge in [-0.2, -0.15) is 0 Å². The van der Waals surface area contributed by atoms with Gasteiger partial charge in [-0.15, -0.1) is 0 Å². The Hall–Kier alpha value is -2.51. The SMILES string of the molecule is Cn1c(CN2CCOCC(Cc3cc(=O)[nH]cn3)C2)nc2ccccc21. The lowest BCUT2D eigenvalue weighted by atomic mass is 10.0. The predicted octanol–water partition coefficient (Wildman–Crippen LogP) is 1.35. The summed E-state index contributed by atoms with van der Waals surface area (Å²) < 4.78 is 7.95. The monoisotopic (exact) mass is 353 g/mol. The highest BCUT2D eigenvalue weighted by Crippen LogP contribution is 2.18. The van der Waals surface area contributed by atoms with Gasteiger partial charge in [0.25, 0.3) is 5.56 Å². The molecule has 1 N–H and O–H groups in total. The van der Waals surface area contributed by atoms with E-state index in [1.807, 2.05) is 18.2 Å².